The van der Waals surface area contributed by atoms with Crippen molar-refractivity contribution in [2.45, 2.75) is 49.8 Å². The maximum atomic E-state index is 12.1. The highest BCUT2D eigenvalue weighted by molar-refractivity contribution is 7.90. The first-order valence-electron chi connectivity index (χ1n) is 5.50. The Kier molecular flexibility index (Phi) is 4.63. The van der Waals surface area contributed by atoms with E-state index in [-0.39, 0.29) is 10.6 Å². The number of rotatable bonds is 4. The third-order valence-electron chi connectivity index (χ3n) is 3.01. The van der Waals surface area contributed by atoms with Crippen molar-refractivity contribution >= 4 is 21.6 Å². The summed E-state index contributed by atoms with van der Waals surface area (Å²) >= 11 is 5.96. The largest absolute Gasteiger partial charge is 0.381 e. The number of sulfonamides is 1. The van der Waals surface area contributed by atoms with Crippen LogP contribution in [-0.2, 0) is 14.8 Å². The molecule has 1 rings (SSSR count). The van der Waals surface area contributed by atoms with Gasteiger partial charge in [0.25, 0.3) is 0 Å². The summed E-state index contributed by atoms with van der Waals surface area (Å²) in [5.74, 6) is 0. The Balaban J connectivity index is 2.71. The minimum absolute atomic E-state index is 0.262. The van der Waals surface area contributed by atoms with E-state index in [9.17, 15) is 8.42 Å². The summed E-state index contributed by atoms with van der Waals surface area (Å²) in [6, 6.07) is 0. The van der Waals surface area contributed by atoms with E-state index in [0.717, 1.165) is 0 Å². The van der Waals surface area contributed by atoms with Crippen molar-refractivity contribution in [2.24, 2.45) is 0 Å². The minimum Gasteiger partial charge on any atom is -0.381 e. The second-order valence-corrected chi connectivity index (χ2v) is 7.41. The highest BCUT2D eigenvalue weighted by Crippen LogP contribution is 2.21. The minimum atomic E-state index is -3.30. The highest BCUT2D eigenvalue weighted by Gasteiger charge is 2.35. The van der Waals surface area contributed by atoms with Crippen LogP contribution in [0.15, 0.2) is 0 Å². The predicted octanol–water partition coefficient (Wildman–Crippen LogP) is 1.49. The smallest absolute Gasteiger partial charge is 0.215 e. The molecular weight excluding hydrogens is 250 g/mol. The maximum Gasteiger partial charge on any atom is 0.215 e. The lowest BCUT2D eigenvalue weighted by atomic mass is 10.0. The molecule has 0 amide bonds. The molecule has 6 heteroatoms. The van der Waals surface area contributed by atoms with Crippen molar-refractivity contribution in [3.8, 4) is 0 Å². The predicted molar refractivity (Wildman–Crippen MR) is 65.3 cm³/mol. The van der Waals surface area contributed by atoms with Crippen LogP contribution in [0.1, 0.15) is 33.6 Å². The van der Waals surface area contributed by atoms with E-state index in [1.54, 1.807) is 20.8 Å². The Bertz CT molecular complexity index is 321. The Morgan fingerprint density at radius 1 is 1.38 bits per heavy atom. The Hall–Kier alpha value is 0.160. The normalized spacial score (nSPS) is 22.0. The zero-order valence-corrected chi connectivity index (χ0v) is 11.6. The summed E-state index contributed by atoms with van der Waals surface area (Å²) in [5, 5.41) is -0.613. The van der Waals surface area contributed by atoms with Gasteiger partial charge in [0.15, 0.2) is 0 Å². The molecule has 1 aliphatic rings. The van der Waals surface area contributed by atoms with E-state index in [1.165, 1.54) is 0 Å². The van der Waals surface area contributed by atoms with Crippen LogP contribution in [0.3, 0.4) is 0 Å². The SMILES string of the molecule is CC(Cl)C(C)(C)NS(=O)(=O)C1CCOCC1. The highest BCUT2D eigenvalue weighted by atomic mass is 35.5. The van der Waals surface area contributed by atoms with E-state index < -0.39 is 15.6 Å². The second-order valence-electron chi connectivity index (χ2n) is 4.80. The van der Waals surface area contributed by atoms with Crippen LogP contribution in [0.5, 0.6) is 0 Å². The topological polar surface area (TPSA) is 55.4 Å². The molecule has 1 atom stereocenters. The molecule has 1 fully saturated rings. The van der Waals surface area contributed by atoms with Gasteiger partial charge in [-0.1, -0.05) is 0 Å². The lowest BCUT2D eigenvalue weighted by molar-refractivity contribution is 0.0979. The molecule has 1 heterocycles. The quantitative estimate of drug-likeness (QED) is 0.787. The van der Waals surface area contributed by atoms with Crippen LogP contribution < -0.4 is 4.72 Å². The molecule has 0 aromatic carbocycles. The van der Waals surface area contributed by atoms with Crippen LogP contribution in [-0.4, -0.2) is 37.8 Å². The number of nitrogens with one attached hydrogen (secondary N) is 1. The van der Waals surface area contributed by atoms with Gasteiger partial charge in [0.1, 0.15) is 0 Å². The molecule has 16 heavy (non-hydrogen) atoms. The Labute approximate surface area is 103 Å². The number of hydrogen-bond acceptors (Lipinski definition) is 3. The van der Waals surface area contributed by atoms with Crippen LogP contribution in [0, 0.1) is 0 Å². The third kappa shape index (κ3) is 3.58. The van der Waals surface area contributed by atoms with Gasteiger partial charge < -0.3 is 4.74 Å². The van der Waals surface area contributed by atoms with E-state index in [1.807, 2.05) is 0 Å². The van der Waals surface area contributed by atoms with Crippen molar-refractivity contribution in [3.63, 3.8) is 0 Å². The molecule has 4 nitrogen and oxygen atoms in total. The van der Waals surface area contributed by atoms with Crippen LogP contribution in [0.25, 0.3) is 0 Å². The van der Waals surface area contributed by atoms with Crippen molar-refractivity contribution < 1.29 is 13.2 Å². The van der Waals surface area contributed by atoms with Crippen LogP contribution in [0.4, 0.5) is 0 Å². The molecule has 0 bridgehead atoms. The third-order valence-corrected chi connectivity index (χ3v) is 5.71. The molecule has 0 saturated carbocycles. The molecular formula is C10H20ClNO3S. The summed E-state index contributed by atoms with van der Waals surface area (Å²) in [4.78, 5) is 0. The molecule has 0 spiro atoms. The lowest BCUT2D eigenvalue weighted by Gasteiger charge is -2.32. The van der Waals surface area contributed by atoms with Crippen LogP contribution in [0.2, 0.25) is 0 Å². The van der Waals surface area contributed by atoms with E-state index in [2.05, 4.69) is 4.72 Å². The summed E-state index contributed by atoms with van der Waals surface area (Å²) in [7, 11) is -3.30. The Morgan fingerprint density at radius 3 is 2.31 bits per heavy atom. The maximum absolute atomic E-state index is 12.1. The van der Waals surface area contributed by atoms with E-state index in [4.69, 9.17) is 16.3 Å². The van der Waals surface area contributed by atoms with Gasteiger partial charge >= 0.3 is 0 Å². The summed E-state index contributed by atoms with van der Waals surface area (Å²) in [6.45, 7) is 6.40. The zero-order chi connectivity index (χ0) is 12.4. The lowest BCUT2D eigenvalue weighted by Crippen LogP contribution is -2.52. The molecule has 1 saturated heterocycles. The Morgan fingerprint density at radius 2 is 1.88 bits per heavy atom. The number of halogens is 1. The average Bonchev–Trinajstić information content (AvgIpc) is 2.17. The molecule has 96 valence electrons. The first-order valence-corrected chi connectivity index (χ1v) is 7.48. The number of hydrogen-bond donors (Lipinski definition) is 1. The summed E-state index contributed by atoms with van der Waals surface area (Å²) in [5.41, 5.74) is -0.626. The fourth-order valence-electron chi connectivity index (χ4n) is 1.52. The standard InChI is InChI=1S/C10H20ClNO3S/c1-8(11)10(2,3)12-16(13,14)9-4-6-15-7-5-9/h8-9,12H,4-7H2,1-3H3. The zero-order valence-electron chi connectivity index (χ0n) is 9.99. The van der Waals surface area contributed by atoms with Gasteiger partial charge in [0, 0.05) is 24.1 Å². The molecule has 1 aliphatic heterocycles. The van der Waals surface area contributed by atoms with Gasteiger partial charge in [0.05, 0.1) is 5.25 Å². The molecule has 0 aromatic rings. The van der Waals surface area contributed by atoms with Crippen molar-refractivity contribution in [1.82, 2.24) is 4.72 Å². The van der Waals surface area contributed by atoms with E-state index in [0.29, 0.717) is 26.1 Å². The van der Waals surface area contributed by atoms with Crippen molar-refractivity contribution in [3.05, 3.63) is 0 Å². The number of alkyl halides is 1. The first kappa shape index (κ1) is 14.2. The van der Waals surface area contributed by atoms with Gasteiger partial charge in [-0.3, -0.25) is 0 Å². The fourth-order valence-corrected chi connectivity index (χ4v) is 3.53. The van der Waals surface area contributed by atoms with Gasteiger partial charge in [-0.25, -0.2) is 13.1 Å². The van der Waals surface area contributed by atoms with Crippen molar-refractivity contribution in [1.29, 1.82) is 0 Å². The van der Waals surface area contributed by atoms with Crippen molar-refractivity contribution in [2.75, 3.05) is 13.2 Å². The summed E-state index contributed by atoms with van der Waals surface area (Å²) < 4.78 is 32.0. The fraction of sp³-hybridized carbons (Fsp3) is 1.00. The van der Waals surface area contributed by atoms with Crippen LogP contribution >= 0.6 is 11.6 Å². The van der Waals surface area contributed by atoms with Gasteiger partial charge in [0.2, 0.25) is 10.0 Å². The van der Waals surface area contributed by atoms with Gasteiger partial charge in [-0.15, -0.1) is 11.6 Å². The van der Waals surface area contributed by atoms with Gasteiger partial charge in [-0.05, 0) is 33.6 Å². The number of ether oxygens (including phenoxy) is 1. The molecule has 0 radical (unpaired) electrons. The first-order chi connectivity index (χ1) is 7.26. The van der Waals surface area contributed by atoms with Gasteiger partial charge in [-0.2, -0.15) is 0 Å². The van der Waals surface area contributed by atoms with E-state index >= 15 is 0 Å². The second kappa shape index (κ2) is 5.21. The molecule has 0 aliphatic carbocycles. The molecule has 0 aromatic heterocycles. The summed E-state index contributed by atoms with van der Waals surface area (Å²) in [6.07, 6.45) is 1.12. The average molecular weight is 270 g/mol. The molecule has 1 N–H and O–H groups in total. The molecule has 1 unspecified atom stereocenters. The monoisotopic (exact) mass is 269 g/mol.